The van der Waals surface area contributed by atoms with Gasteiger partial charge in [-0.25, -0.2) is 0 Å². The maximum atomic E-state index is 11.5. The highest BCUT2D eigenvalue weighted by Crippen LogP contribution is 2.82. The zero-order valence-corrected chi connectivity index (χ0v) is 9.44. The maximum absolute atomic E-state index is 11.5. The molecule has 1 saturated heterocycles. The summed E-state index contributed by atoms with van der Waals surface area (Å²) in [5, 5.41) is 0. The van der Waals surface area contributed by atoms with E-state index in [1.165, 1.54) is 20.0 Å². The molecule has 86 valence electrons. The molecule has 1 heterocycles. The summed E-state index contributed by atoms with van der Waals surface area (Å²) in [6.07, 6.45) is 7.50. The second-order valence-electron chi connectivity index (χ2n) is 5.66. The third-order valence-electron chi connectivity index (χ3n) is 5.42. The van der Waals surface area contributed by atoms with Crippen LogP contribution in [-0.4, -0.2) is 25.3 Å². The number of ether oxygens (including phenoxy) is 2. The van der Waals surface area contributed by atoms with Crippen molar-refractivity contribution in [1.82, 2.24) is 0 Å². The molecule has 0 N–H and O–H groups in total. The fraction of sp³-hybridized carbons (Fsp3) is 0.769. The molecule has 2 bridgehead atoms. The Morgan fingerprint density at radius 3 is 3.31 bits per heavy atom. The van der Waals surface area contributed by atoms with Gasteiger partial charge in [0.05, 0.1) is 19.1 Å². The molecule has 4 rings (SSSR count). The first-order valence-corrected chi connectivity index (χ1v) is 6.15. The van der Waals surface area contributed by atoms with E-state index in [1.807, 2.05) is 0 Å². The Morgan fingerprint density at radius 1 is 1.62 bits per heavy atom. The molecule has 2 saturated carbocycles. The van der Waals surface area contributed by atoms with Crippen LogP contribution in [0.1, 0.15) is 19.3 Å². The van der Waals surface area contributed by atoms with Crippen LogP contribution in [0.15, 0.2) is 12.2 Å². The van der Waals surface area contributed by atoms with E-state index in [2.05, 4.69) is 12.2 Å². The second-order valence-corrected chi connectivity index (χ2v) is 5.66. The summed E-state index contributed by atoms with van der Waals surface area (Å²) in [6, 6.07) is 0. The lowest BCUT2D eigenvalue weighted by molar-refractivity contribution is -0.143. The zero-order valence-electron chi connectivity index (χ0n) is 9.44. The van der Waals surface area contributed by atoms with Crippen molar-refractivity contribution in [3.05, 3.63) is 12.2 Å². The minimum atomic E-state index is -0.0974. The molecule has 3 fully saturated rings. The standard InChI is InChI=1S/C13H16O3/c1-15-11(14)7-12-4-2-9-8-3-5-16-13(9,12)10(12)6-8/h2,4,8-10H,3,5-7H2,1H3. The molecule has 3 aliphatic carbocycles. The molecule has 3 nitrogen and oxygen atoms in total. The number of fused-ring (bicyclic) bond motifs is 1. The third kappa shape index (κ3) is 0.717. The Kier molecular flexibility index (Phi) is 1.46. The summed E-state index contributed by atoms with van der Waals surface area (Å²) < 4.78 is 10.9. The highest BCUT2D eigenvalue weighted by molar-refractivity contribution is 5.73. The van der Waals surface area contributed by atoms with Crippen LogP contribution in [-0.2, 0) is 14.3 Å². The lowest BCUT2D eigenvalue weighted by Gasteiger charge is -2.33. The van der Waals surface area contributed by atoms with Crippen LogP contribution < -0.4 is 0 Å². The number of esters is 1. The minimum Gasteiger partial charge on any atom is -0.469 e. The van der Waals surface area contributed by atoms with Crippen molar-refractivity contribution in [2.24, 2.45) is 23.2 Å². The lowest BCUT2D eigenvalue weighted by atomic mass is 9.82. The molecule has 16 heavy (non-hydrogen) atoms. The van der Waals surface area contributed by atoms with Crippen LogP contribution in [0.2, 0.25) is 0 Å². The molecule has 0 aromatic carbocycles. The third-order valence-corrected chi connectivity index (χ3v) is 5.42. The first kappa shape index (κ1) is 9.23. The minimum absolute atomic E-state index is 0.00167. The number of carbonyl (C=O) groups excluding carboxylic acids is 1. The Labute approximate surface area is 94.8 Å². The van der Waals surface area contributed by atoms with Crippen LogP contribution in [0.25, 0.3) is 0 Å². The predicted octanol–water partition coefficient (Wildman–Crippen LogP) is 1.53. The summed E-state index contributed by atoms with van der Waals surface area (Å²) in [5.41, 5.74) is 0.00574. The van der Waals surface area contributed by atoms with E-state index in [-0.39, 0.29) is 17.0 Å². The summed E-state index contributed by atoms with van der Waals surface area (Å²) >= 11 is 0. The fourth-order valence-electron chi connectivity index (χ4n) is 4.83. The van der Waals surface area contributed by atoms with E-state index in [0.29, 0.717) is 18.3 Å². The molecule has 4 aliphatic rings. The molecule has 1 spiro atoms. The number of rotatable bonds is 2. The number of methoxy groups -OCH3 is 1. The van der Waals surface area contributed by atoms with E-state index in [9.17, 15) is 4.79 Å². The van der Waals surface area contributed by atoms with E-state index in [0.717, 1.165) is 12.5 Å². The van der Waals surface area contributed by atoms with Crippen molar-refractivity contribution in [3.63, 3.8) is 0 Å². The Morgan fingerprint density at radius 2 is 2.50 bits per heavy atom. The largest absolute Gasteiger partial charge is 0.469 e. The Bertz CT molecular complexity index is 402. The van der Waals surface area contributed by atoms with Crippen LogP contribution in [0.5, 0.6) is 0 Å². The topological polar surface area (TPSA) is 35.5 Å². The lowest BCUT2D eigenvalue weighted by Crippen LogP contribution is -2.36. The van der Waals surface area contributed by atoms with Gasteiger partial charge in [-0.15, -0.1) is 0 Å². The summed E-state index contributed by atoms with van der Waals surface area (Å²) in [5.74, 6) is 1.88. The average Bonchev–Trinajstić information content (AvgIpc) is 2.60. The van der Waals surface area contributed by atoms with Crippen LogP contribution in [0, 0.1) is 23.2 Å². The van der Waals surface area contributed by atoms with Crippen LogP contribution in [0.4, 0.5) is 0 Å². The molecule has 5 unspecified atom stereocenters. The molecule has 0 aromatic rings. The van der Waals surface area contributed by atoms with Gasteiger partial charge in [0.25, 0.3) is 0 Å². The summed E-state index contributed by atoms with van der Waals surface area (Å²) in [7, 11) is 1.47. The second kappa shape index (κ2) is 2.53. The summed E-state index contributed by atoms with van der Waals surface area (Å²) in [4.78, 5) is 11.5. The number of hydrogen-bond acceptors (Lipinski definition) is 3. The van der Waals surface area contributed by atoms with E-state index >= 15 is 0 Å². The van der Waals surface area contributed by atoms with Gasteiger partial charge >= 0.3 is 5.97 Å². The van der Waals surface area contributed by atoms with Gasteiger partial charge in [-0.05, 0) is 18.8 Å². The summed E-state index contributed by atoms with van der Waals surface area (Å²) in [6.45, 7) is 0.877. The first-order valence-electron chi connectivity index (χ1n) is 6.15. The SMILES string of the molecule is COC(=O)CC12C=CC3C4CCOC31C2C4. The quantitative estimate of drug-likeness (QED) is 0.523. The van der Waals surface area contributed by atoms with Gasteiger partial charge in [-0.1, -0.05) is 12.2 Å². The monoisotopic (exact) mass is 220 g/mol. The molecular formula is C13H16O3. The van der Waals surface area contributed by atoms with Gasteiger partial charge in [-0.3, -0.25) is 4.79 Å². The first-order chi connectivity index (χ1) is 7.74. The van der Waals surface area contributed by atoms with Crippen molar-refractivity contribution in [1.29, 1.82) is 0 Å². The molecule has 0 amide bonds. The average molecular weight is 220 g/mol. The van der Waals surface area contributed by atoms with Crippen LogP contribution >= 0.6 is 0 Å². The van der Waals surface area contributed by atoms with Crippen molar-refractivity contribution < 1.29 is 14.3 Å². The molecular weight excluding hydrogens is 204 g/mol. The zero-order chi connectivity index (χ0) is 11.0. The highest BCUT2D eigenvalue weighted by Gasteiger charge is 2.86. The predicted molar refractivity (Wildman–Crippen MR) is 56.6 cm³/mol. The number of carbonyl (C=O) groups is 1. The van der Waals surface area contributed by atoms with E-state index in [4.69, 9.17) is 9.47 Å². The fourth-order valence-corrected chi connectivity index (χ4v) is 4.83. The van der Waals surface area contributed by atoms with E-state index in [1.54, 1.807) is 0 Å². The maximum Gasteiger partial charge on any atom is 0.306 e. The van der Waals surface area contributed by atoms with Gasteiger partial charge in [0.2, 0.25) is 0 Å². The molecule has 5 atom stereocenters. The number of hydrogen-bond donors (Lipinski definition) is 0. The molecule has 1 aliphatic heterocycles. The van der Waals surface area contributed by atoms with Gasteiger partial charge in [0.1, 0.15) is 0 Å². The van der Waals surface area contributed by atoms with Gasteiger partial charge in [0, 0.05) is 23.9 Å². The van der Waals surface area contributed by atoms with Crippen molar-refractivity contribution in [3.8, 4) is 0 Å². The Balaban J connectivity index is 1.70. The van der Waals surface area contributed by atoms with Crippen molar-refractivity contribution in [2.75, 3.05) is 13.7 Å². The van der Waals surface area contributed by atoms with Crippen molar-refractivity contribution >= 4 is 5.97 Å². The normalized spacial score (nSPS) is 54.9. The van der Waals surface area contributed by atoms with Gasteiger partial charge < -0.3 is 9.47 Å². The molecule has 0 radical (unpaired) electrons. The van der Waals surface area contributed by atoms with Gasteiger partial charge in [-0.2, -0.15) is 0 Å². The van der Waals surface area contributed by atoms with Crippen molar-refractivity contribution in [2.45, 2.75) is 24.9 Å². The van der Waals surface area contributed by atoms with Crippen LogP contribution in [0.3, 0.4) is 0 Å². The smallest absolute Gasteiger partial charge is 0.306 e. The Hall–Kier alpha value is -0.830. The molecule has 3 heteroatoms. The molecule has 0 aromatic heterocycles. The highest BCUT2D eigenvalue weighted by atomic mass is 16.5. The van der Waals surface area contributed by atoms with E-state index < -0.39 is 0 Å². The van der Waals surface area contributed by atoms with Gasteiger partial charge in [0.15, 0.2) is 0 Å².